The normalized spacial score (nSPS) is 25.0. The van der Waals surface area contributed by atoms with E-state index in [9.17, 15) is 70.7 Å². The van der Waals surface area contributed by atoms with E-state index in [-0.39, 0.29) is 18.3 Å². The summed E-state index contributed by atoms with van der Waals surface area (Å²) in [7, 11) is 0. The van der Waals surface area contributed by atoms with Crippen molar-refractivity contribution in [3.8, 4) is 0 Å². The maximum Gasteiger partial charge on any atom is 0.460 e. The van der Waals surface area contributed by atoms with Crippen LogP contribution in [0.15, 0.2) is 12.2 Å². The highest BCUT2D eigenvalue weighted by atomic mass is 19.4. The number of allylic oxidation sites excluding steroid dienone is 2. The molecule has 0 heterocycles. The van der Waals surface area contributed by atoms with Crippen LogP contribution in [0.3, 0.4) is 0 Å². The van der Waals surface area contributed by atoms with Crippen LogP contribution >= 0.6 is 0 Å². The topological polar surface area (TPSA) is 26.3 Å². The zero-order valence-electron chi connectivity index (χ0n) is 15.5. The van der Waals surface area contributed by atoms with Gasteiger partial charge in [-0.2, -0.15) is 65.9 Å². The summed E-state index contributed by atoms with van der Waals surface area (Å²) in [5, 5.41) is 0. The Morgan fingerprint density at radius 2 is 1.12 bits per heavy atom. The average Bonchev–Trinajstić information content (AvgIpc) is 3.27. The van der Waals surface area contributed by atoms with E-state index in [1.54, 1.807) is 6.08 Å². The third kappa shape index (κ3) is 3.72. The molecule has 1 fully saturated rings. The van der Waals surface area contributed by atoms with Crippen LogP contribution in [0, 0.1) is 17.8 Å². The van der Waals surface area contributed by atoms with Crippen LogP contribution in [0.2, 0.25) is 0 Å². The van der Waals surface area contributed by atoms with Gasteiger partial charge in [-0.3, -0.25) is 0 Å². The molecule has 2 rings (SSSR count). The van der Waals surface area contributed by atoms with Crippen LogP contribution < -0.4 is 0 Å². The fourth-order valence-electron chi connectivity index (χ4n) is 3.45. The first-order chi connectivity index (χ1) is 14.5. The Morgan fingerprint density at radius 3 is 1.52 bits per heavy atom. The molecule has 2 nitrogen and oxygen atoms in total. The number of hydrogen-bond donors (Lipinski definition) is 0. The van der Waals surface area contributed by atoms with Crippen molar-refractivity contribution in [1.29, 1.82) is 0 Å². The highest BCUT2D eigenvalue weighted by Gasteiger charge is 2.94. The fraction of sp³-hybridized carbons (Fsp3) is 0.812. The van der Waals surface area contributed by atoms with E-state index >= 15 is 0 Å². The lowest BCUT2D eigenvalue weighted by molar-refractivity contribution is -0.450. The van der Waals surface area contributed by atoms with Gasteiger partial charge in [0.15, 0.2) is 0 Å². The Bertz CT molecular complexity index is 798. The number of carbonyl (C=O) groups is 1. The van der Waals surface area contributed by atoms with Crippen LogP contribution in [0.5, 0.6) is 0 Å². The first-order valence-electron chi connectivity index (χ1n) is 8.66. The molecule has 0 amide bonds. The van der Waals surface area contributed by atoms with E-state index in [4.69, 9.17) is 0 Å². The first kappa shape index (κ1) is 27.4. The zero-order chi connectivity index (χ0) is 26.1. The Balaban J connectivity index is 2.32. The summed E-state index contributed by atoms with van der Waals surface area (Å²) >= 11 is 0. The van der Waals surface area contributed by atoms with Gasteiger partial charge in [0.05, 0.1) is 6.61 Å². The fourth-order valence-corrected chi connectivity index (χ4v) is 3.45. The van der Waals surface area contributed by atoms with Gasteiger partial charge in [0, 0.05) is 0 Å². The number of rotatable bonds is 8. The van der Waals surface area contributed by atoms with Gasteiger partial charge in [0.25, 0.3) is 0 Å². The number of ether oxygens (including phenoxy) is 1. The van der Waals surface area contributed by atoms with Gasteiger partial charge in [-0.1, -0.05) is 12.2 Å². The molecular formula is C16H11F15O2. The predicted molar refractivity (Wildman–Crippen MR) is 75.5 cm³/mol. The molecule has 0 aromatic heterocycles. The van der Waals surface area contributed by atoms with Crippen molar-refractivity contribution in [3.05, 3.63) is 12.2 Å². The Kier molecular flexibility index (Phi) is 6.30. The number of alkyl halides is 15. The van der Waals surface area contributed by atoms with Crippen molar-refractivity contribution >= 4 is 5.97 Å². The minimum absolute atomic E-state index is 0.0961. The predicted octanol–water partition coefficient (Wildman–Crippen LogP) is 6.12. The van der Waals surface area contributed by atoms with Crippen molar-refractivity contribution in [2.45, 2.75) is 54.6 Å². The molecule has 17 heteroatoms. The summed E-state index contributed by atoms with van der Waals surface area (Å²) in [6.45, 7) is -1.10. The molecule has 2 aliphatic carbocycles. The van der Waals surface area contributed by atoms with E-state index in [0.29, 0.717) is 6.42 Å². The lowest BCUT2D eigenvalue weighted by Crippen LogP contribution is -2.73. The van der Waals surface area contributed by atoms with Crippen LogP contribution in [-0.2, 0) is 9.53 Å². The Hall–Kier alpha value is -1.84. The minimum Gasteiger partial charge on any atom is -0.461 e. The van der Waals surface area contributed by atoms with Gasteiger partial charge in [-0.05, 0) is 30.6 Å². The summed E-state index contributed by atoms with van der Waals surface area (Å²) < 4.78 is 200. The SMILES string of the molecule is O=C(OCC1CC2C=CC1C2)C(F)(F)C(F)(F)C(F)(F)C(F)(F)C(F)(F)C(F)(F)C(F)(F)F. The average molecular weight is 520 g/mol. The molecule has 0 spiro atoms. The quantitative estimate of drug-likeness (QED) is 0.219. The molecule has 0 saturated heterocycles. The lowest BCUT2D eigenvalue weighted by atomic mass is 9.91. The zero-order valence-corrected chi connectivity index (χ0v) is 15.5. The largest absolute Gasteiger partial charge is 0.461 e. The molecule has 3 unspecified atom stereocenters. The monoisotopic (exact) mass is 520 g/mol. The maximum absolute atomic E-state index is 13.7. The van der Waals surface area contributed by atoms with Crippen LogP contribution in [0.25, 0.3) is 0 Å². The van der Waals surface area contributed by atoms with E-state index < -0.39 is 60.2 Å². The van der Waals surface area contributed by atoms with Crippen LogP contribution in [-0.4, -0.2) is 54.3 Å². The van der Waals surface area contributed by atoms with Gasteiger partial charge in [0.2, 0.25) is 0 Å². The molecule has 0 aromatic carbocycles. The molecular weight excluding hydrogens is 509 g/mol. The van der Waals surface area contributed by atoms with Crippen LogP contribution in [0.4, 0.5) is 65.9 Å². The third-order valence-electron chi connectivity index (χ3n) is 5.43. The van der Waals surface area contributed by atoms with Crippen molar-refractivity contribution in [2.24, 2.45) is 17.8 Å². The molecule has 0 aromatic rings. The second-order valence-corrected chi connectivity index (χ2v) is 7.58. The smallest absolute Gasteiger partial charge is 0.460 e. The summed E-state index contributed by atoms with van der Waals surface area (Å²) in [4.78, 5) is 11.3. The van der Waals surface area contributed by atoms with Crippen molar-refractivity contribution in [1.82, 2.24) is 0 Å². The summed E-state index contributed by atoms with van der Waals surface area (Å²) in [5.41, 5.74) is 0. The van der Waals surface area contributed by atoms with Crippen molar-refractivity contribution in [2.75, 3.05) is 6.61 Å². The number of carbonyl (C=O) groups excluding carboxylic acids is 1. The maximum atomic E-state index is 13.7. The first-order valence-corrected chi connectivity index (χ1v) is 8.66. The van der Waals surface area contributed by atoms with E-state index in [2.05, 4.69) is 4.74 Å². The molecule has 0 radical (unpaired) electrons. The van der Waals surface area contributed by atoms with E-state index in [1.807, 2.05) is 0 Å². The van der Waals surface area contributed by atoms with E-state index in [0.717, 1.165) is 0 Å². The highest BCUT2D eigenvalue weighted by molar-refractivity contribution is 5.79. The van der Waals surface area contributed by atoms with Gasteiger partial charge in [-0.15, -0.1) is 0 Å². The van der Waals surface area contributed by atoms with Crippen LogP contribution in [0.1, 0.15) is 12.8 Å². The molecule has 2 bridgehead atoms. The molecule has 0 N–H and O–H groups in total. The summed E-state index contributed by atoms with van der Waals surface area (Å²) in [6, 6.07) is 0. The van der Waals surface area contributed by atoms with Gasteiger partial charge < -0.3 is 4.74 Å². The molecule has 192 valence electrons. The van der Waals surface area contributed by atoms with Gasteiger partial charge in [0.1, 0.15) is 0 Å². The minimum atomic E-state index is -8.43. The molecule has 3 atom stereocenters. The molecule has 2 aliphatic rings. The molecule has 1 saturated carbocycles. The van der Waals surface area contributed by atoms with Gasteiger partial charge in [-0.25, -0.2) is 4.79 Å². The molecule has 0 aliphatic heterocycles. The number of halogens is 15. The number of fused-ring (bicyclic) bond motifs is 2. The number of esters is 1. The Labute approximate surface area is 173 Å². The van der Waals surface area contributed by atoms with E-state index in [1.165, 1.54) is 6.08 Å². The third-order valence-corrected chi connectivity index (χ3v) is 5.43. The summed E-state index contributed by atoms with van der Waals surface area (Å²) in [5.74, 6) is -52.9. The lowest BCUT2D eigenvalue weighted by Gasteiger charge is -2.40. The summed E-state index contributed by atoms with van der Waals surface area (Å²) in [6.07, 6.45) is -3.82. The second kappa shape index (κ2) is 7.58. The second-order valence-electron chi connectivity index (χ2n) is 7.58. The highest BCUT2D eigenvalue weighted by Crippen LogP contribution is 2.62. The van der Waals surface area contributed by atoms with Crippen molar-refractivity contribution in [3.63, 3.8) is 0 Å². The standard InChI is InChI=1S/C16H11F15O2/c17-10(18,9(32)33-5-8-4-6-1-2-7(8)3-6)11(19,20)12(21,22)13(23,24)14(25,26)15(27,28)16(29,30)31/h1-2,6-8H,3-5H2. The Morgan fingerprint density at radius 1 is 0.667 bits per heavy atom. The molecule has 33 heavy (non-hydrogen) atoms. The number of hydrogen-bond acceptors (Lipinski definition) is 2. The van der Waals surface area contributed by atoms with Crippen molar-refractivity contribution < 1.29 is 75.4 Å². The van der Waals surface area contributed by atoms with Gasteiger partial charge >= 0.3 is 47.7 Å².